The SMILES string of the molecule is O=C(COc1ccc(OCc2ccccc2)cc1)NN=Cc1c(OC(=O)c2ccccc2)ccc2ccccc12. The molecular weight excluding hydrogens is 504 g/mol. The molecule has 1 N–H and O–H groups in total. The first-order chi connectivity index (χ1) is 19.7. The third kappa shape index (κ3) is 6.90. The predicted octanol–water partition coefficient (Wildman–Crippen LogP) is 6.17. The van der Waals surface area contributed by atoms with Crippen molar-refractivity contribution >= 4 is 28.9 Å². The number of carbonyl (C=O) groups is 2. The van der Waals surface area contributed by atoms with Crippen LogP contribution in [0.15, 0.2) is 126 Å². The van der Waals surface area contributed by atoms with Gasteiger partial charge in [-0.2, -0.15) is 5.10 Å². The van der Waals surface area contributed by atoms with Crippen molar-refractivity contribution in [2.75, 3.05) is 6.61 Å². The number of amides is 1. The van der Waals surface area contributed by atoms with Crippen LogP contribution in [0.1, 0.15) is 21.5 Å². The lowest BCUT2D eigenvalue weighted by Gasteiger charge is -2.11. The molecule has 1 amide bonds. The largest absolute Gasteiger partial charge is 0.489 e. The smallest absolute Gasteiger partial charge is 0.343 e. The lowest BCUT2D eigenvalue weighted by molar-refractivity contribution is -0.123. The van der Waals surface area contributed by atoms with E-state index in [0.29, 0.717) is 35.0 Å². The molecule has 0 fully saturated rings. The van der Waals surface area contributed by atoms with Gasteiger partial charge < -0.3 is 14.2 Å². The number of nitrogens with zero attached hydrogens (tertiary/aromatic N) is 1. The summed E-state index contributed by atoms with van der Waals surface area (Å²) in [4.78, 5) is 25.1. The van der Waals surface area contributed by atoms with Crippen LogP contribution in [0.4, 0.5) is 0 Å². The normalized spacial score (nSPS) is 10.8. The van der Waals surface area contributed by atoms with E-state index >= 15 is 0 Å². The van der Waals surface area contributed by atoms with Crippen LogP contribution in [0.5, 0.6) is 17.2 Å². The third-order valence-corrected chi connectivity index (χ3v) is 5.97. The van der Waals surface area contributed by atoms with Gasteiger partial charge in [-0.25, -0.2) is 10.2 Å². The van der Waals surface area contributed by atoms with Crippen molar-refractivity contribution in [1.29, 1.82) is 0 Å². The summed E-state index contributed by atoms with van der Waals surface area (Å²) < 4.78 is 17.0. The van der Waals surface area contributed by atoms with Crippen molar-refractivity contribution < 1.29 is 23.8 Å². The van der Waals surface area contributed by atoms with Crippen LogP contribution in [0.3, 0.4) is 0 Å². The van der Waals surface area contributed by atoms with Gasteiger partial charge in [-0.3, -0.25) is 4.79 Å². The van der Waals surface area contributed by atoms with Gasteiger partial charge in [0.1, 0.15) is 23.9 Å². The quantitative estimate of drug-likeness (QED) is 0.101. The second-order valence-corrected chi connectivity index (χ2v) is 8.78. The van der Waals surface area contributed by atoms with Crippen LogP contribution in [-0.2, 0) is 11.4 Å². The van der Waals surface area contributed by atoms with E-state index in [0.717, 1.165) is 16.3 Å². The molecule has 0 aliphatic carbocycles. The van der Waals surface area contributed by atoms with E-state index in [2.05, 4.69) is 10.5 Å². The number of hydrogen-bond acceptors (Lipinski definition) is 6. The summed E-state index contributed by atoms with van der Waals surface area (Å²) in [5.41, 5.74) is 4.54. The number of hydrazone groups is 1. The zero-order chi connectivity index (χ0) is 27.6. The van der Waals surface area contributed by atoms with Gasteiger partial charge in [0.15, 0.2) is 6.61 Å². The Hall–Kier alpha value is -5.43. The van der Waals surface area contributed by atoms with Crippen LogP contribution < -0.4 is 19.6 Å². The molecule has 5 aromatic carbocycles. The summed E-state index contributed by atoms with van der Waals surface area (Å²) in [7, 11) is 0. The summed E-state index contributed by atoms with van der Waals surface area (Å²) in [6, 6.07) is 36.9. The molecule has 7 nitrogen and oxygen atoms in total. The molecule has 5 rings (SSSR count). The molecule has 198 valence electrons. The Bertz CT molecular complexity index is 1620. The lowest BCUT2D eigenvalue weighted by atomic mass is 10.0. The zero-order valence-corrected chi connectivity index (χ0v) is 21.5. The molecule has 0 saturated carbocycles. The zero-order valence-electron chi connectivity index (χ0n) is 21.5. The van der Waals surface area contributed by atoms with Crippen molar-refractivity contribution in [2.45, 2.75) is 6.61 Å². The fraction of sp³-hybridized carbons (Fsp3) is 0.0606. The van der Waals surface area contributed by atoms with E-state index in [1.54, 1.807) is 54.6 Å². The van der Waals surface area contributed by atoms with Crippen LogP contribution in [-0.4, -0.2) is 24.7 Å². The first kappa shape index (κ1) is 26.2. The number of ether oxygens (including phenoxy) is 3. The fourth-order valence-corrected chi connectivity index (χ4v) is 3.95. The number of nitrogens with one attached hydrogen (secondary N) is 1. The summed E-state index contributed by atoms with van der Waals surface area (Å²) in [5.74, 6) is 0.624. The summed E-state index contributed by atoms with van der Waals surface area (Å²) in [5, 5.41) is 5.86. The lowest BCUT2D eigenvalue weighted by Crippen LogP contribution is -2.24. The highest BCUT2D eigenvalue weighted by Gasteiger charge is 2.13. The van der Waals surface area contributed by atoms with Gasteiger partial charge in [0.2, 0.25) is 0 Å². The topological polar surface area (TPSA) is 86.2 Å². The molecule has 0 heterocycles. The number of esters is 1. The summed E-state index contributed by atoms with van der Waals surface area (Å²) >= 11 is 0. The molecule has 0 aliphatic rings. The number of benzene rings is 5. The average Bonchev–Trinajstić information content (AvgIpc) is 3.01. The maximum Gasteiger partial charge on any atom is 0.343 e. The standard InChI is InChI=1S/C33H26N2O5/c36-32(23-39-28-18-16-27(17-19-28)38-22-24-9-3-1-4-10-24)35-34-21-30-29-14-8-7-11-25(29)15-20-31(30)40-33(37)26-12-5-2-6-13-26/h1-21H,22-23H2,(H,35,36). The molecule has 5 aromatic rings. The summed E-state index contributed by atoms with van der Waals surface area (Å²) in [6.07, 6.45) is 1.46. The number of carbonyl (C=O) groups excluding carboxylic acids is 2. The van der Waals surface area contributed by atoms with E-state index < -0.39 is 11.9 Å². The van der Waals surface area contributed by atoms with Crippen LogP contribution >= 0.6 is 0 Å². The van der Waals surface area contributed by atoms with Crippen molar-refractivity contribution in [1.82, 2.24) is 5.43 Å². The fourth-order valence-electron chi connectivity index (χ4n) is 3.95. The number of hydrogen-bond donors (Lipinski definition) is 1. The highest BCUT2D eigenvalue weighted by molar-refractivity contribution is 6.04. The Morgan fingerprint density at radius 2 is 1.35 bits per heavy atom. The maximum absolute atomic E-state index is 12.7. The highest BCUT2D eigenvalue weighted by atomic mass is 16.5. The van der Waals surface area contributed by atoms with Crippen LogP contribution in [0, 0.1) is 0 Å². The average molecular weight is 531 g/mol. The van der Waals surface area contributed by atoms with E-state index in [4.69, 9.17) is 14.2 Å². The number of rotatable bonds is 10. The molecule has 40 heavy (non-hydrogen) atoms. The molecular formula is C33H26N2O5. The number of fused-ring (bicyclic) bond motifs is 1. The van der Waals surface area contributed by atoms with Gasteiger partial charge in [0.25, 0.3) is 5.91 Å². The molecule has 0 unspecified atom stereocenters. The molecule has 0 spiro atoms. The summed E-state index contributed by atoms with van der Waals surface area (Å²) in [6.45, 7) is 0.234. The van der Waals surface area contributed by atoms with Crippen LogP contribution in [0.2, 0.25) is 0 Å². The van der Waals surface area contributed by atoms with Crippen LogP contribution in [0.25, 0.3) is 10.8 Å². The van der Waals surface area contributed by atoms with Gasteiger partial charge in [-0.05, 0) is 58.8 Å². The van der Waals surface area contributed by atoms with Gasteiger partial charge in [-0.1, -0.05) is 78.9 Å². The van der Waals surface area contributed by atoms with Crippen molar-refractivity contribution in [3.63, 3.8) is 0 Å². The molecule has 0 aliphatic heterocycles. The van der Waals surface area contributed by atoms with Crippen molar-refractivity contribution in [2.24, 2.45) is 5.10 Å². The van der Waals surface area contributed by atoms with Gasteiger partial charge in [-0.15, -0.1) is 0 Å². The Morgan fingerprint density at radius 3 is 2.10 bits per heavy atom. The predicted molar refractivity (Wildman–Crippen MR) is 154 cm³/mol. The van der Waals surface area contributed by atoms with E-state index in [1.165, 1.54) is 6.21 Å². The van der Waals surface area contributed by atoms with Crippen molar-refractivity contribution in [3.05, 3.63) is 138 Å². The molecule has 7 heteroatoms. The maximum atomic E-state index is 12.7. The highest BCUT2D eigenvalue weighted by Crippen LogP contribution is 2.27. The first-order valence-electron chi connectivity index (χ1n) is 12.7. The Kier molecular flexibility index (Phi) is 8.44. The second-order valence-electron chi connectivity index (χ2n) is 8.78. The van der Waals surface area contributed by atoms with E-state index in [-0.39, 0.29) is 6.61 Å². The Labute approximate surface area is 231 Å². The monoisotopic (exact) mass is 530 g/mol. The Balaban J connectivity index is 1.19. The van der Waals surface area contributed by atoms with Crippen molar-refractivity contribution in [3.8, 4) is 17.2 Å². The minimum Gasteiger partial charge on any atom is -0.489 e. The molecule has 0 saturated heterocycles. The van der Waals surface area contributed by atoms with E-state index in [1.807, 2.05) is 66.7 Å². The van der Waals surface area contributed by atoms with Gasteiger partial charge >= 0.3 is 5.97 Å². The molecule has 0 aromatic heterocycles. The Morgan fingerprint density at radius 1 is 0.700 bits per heavy atom. The molecule has 0 atom stereocenters. The second kappa shape index (κ2) is 12.9. The van der Waals surface area contributed by atoms with E-state index in [9.17, 15) is 9.59 Å². The molecule has 0 bridgehead atoms. The third-order valence-electron chi connectivity index (χ3n) is 5.97. The minimum atomic E-state index is -0.487. The van der Waals surface area contributed by atoms with Gasteiger partial charge in [0, 0.05) is 5.56 Å². The molecule has 0 radical (unpaired) electrons. The van der Waals surface area contributed by atoms with Gasteiger partial charge in [0.05, 0.1) is 11.8 Å². The minimum absolute atomic E-state index is 0.229. The first-order valence-corrected chi connectivity index (χ1v) is 12.7.